The van der Waals surface area contributed by atoms with Gasteiger partial charge in [0.15, 0.2) is 0 Å². The molecule has 5 rings (SSSR count). The third kappa shape index (κ3) is 3.93. The van der Waals surface area contributed by atoms with E-state index in [-0.39, 0.29) is 11.1 Å². The van der Waals surface area contributed by atoms with Crippen molar-refractivity contribution >= 4 is 22.7 Å². The fourth-order valence-electron chi connectivity index (χ4n) is 4.20. The van der Waals surface area contributed by atoms with Crippen LogP contribution in [0.5, 0.6) is 0 Å². The van der Waals surface area contributed by atoms with E-state index in [2.05, 4.69) is 19.8 Å². The number of nitrogens with zero attached hydrogens (tertiary/aromatic N) is 5. The number of halogens is 1. The van der Waals surface area contributed by atoms with Crippen LogP contribution in [0.2, 0.25) is 0 Å². The molecule has 0 radical (unpaired) electrons. The second-order valence-electron chi connectivity index (χ2n) is 7.90. The largest absolute Gasteiger partial charge is 0.353 e. The molecule has 0 N–H and O–H groups in total. The third-order valence-electron chi connectivity index (χ3n) is 5.92. The van der Waals surface area contributed by atoms with Crippen molar-refractivity contribution in [2.45, 2.75) is 13.0 Å². The van der Waals surface area contributed by atoms with E-state index in [4.69, 9.17) is 0 Å². The van der Waals surface area contributed by atoms with Gasteiger partial charge < -0.3 is 9.80 Å². The summed E-state index contributed by atoms with van der Waals surface area (Å²) in [5.41, 5.74) is 1.08. The monoisotopic (exact) mass is 429 g/mol. The van der Waals surface area contributed by atoms with E-state index in [1.165, 1.54) is 6.07 Å². The quantitative estimate of drug-likeness (QED) is 0.486. The maximum atomic E-state index is 14.5. The van der Waals surface area contributed by atoms with Crippen molar-refractivity contribution in [1.29, 1.82) is 0 Å². The van der Waals surface area contributed by atoms with Gasteiger partial charge in [0.25, 0.3) is 5.56 Å². The Balaban J connectivity index is 1.48. The first-order valence-corrected chi connectivity index (χ1v) is 10.8. The molecule has 2 aromatic heterocycles. The summed E-state index contributed by atoms with van der Waals surface area (Å²) in [5.74, 6) is 0.999. The van der Waals surface area contributed by atoms with Gasteiger partial charge in [-0.3, -0.25) is 9.36 Å². The number of hydrogen-bond acceptors (Lipinski definition) is 5. The fourth-order valence-corrected chi connectivity index (χ4v) is 4.20. The Morgan fingerprint density at radius 1 is 0.844 bits per heavy atom. The molecule has 4 aromatic rings. The van der Waals surface area contributed by atoms with Gasteiger partial charge in [-0.1, -0.05) is 42.5 Å². The summed E-state index contributed by atoms with van der Waals surface area (Å²) in [7, 11) is 0. The van der Waals surface area contributed by atoms with Crippen molar-refractivity contribution in [2.24, 2.45) is 0 Å². The Morgan fingerprint density at radius 3 is 2.34 bits per heavy atom. The molecule has 2 aromatic carbocycles. The first kappa shape index (κ1) is 20.2. The molecule has 3 heterocycles. The molecule has 0 spiro atoms. The van der Waals surface area contributed by atoms with Gasteiger partial charge in [0.1, 0.15) is 17.2 Å². The van der Waals surface area contributed by atoms with E-state index in [0.29, 0.717) is 37.4 Å². The van der Waals surface area contributed by atoms with Crippen LogP contribution < -0.4 is 15.4 Å². The number of aryl methyl sites for hydroxylation is 1. The summed E-state index contributed by atoms with van der Waals surface area (Å²) in [6, 6.07) is 20.5. The van der Waals surface area contributed by atoms with E-state index >= 15 is 0 Å². The highest BCUT2D eigenvalue weighted by atomic mass is 19.1. The second kappa shape index (κ2) is 8.78. The average Bonchev–Trinajstić information content (AvgIpc) is 2.85. The van der Waals surface area contributed by atoms with Gasteiger partial charge in [0.05, 0.1) is 5.39 Å². The van der Waals surface area contributed by atoms with E-state index in [0.717, 1.165) is 24.5 Å². The van der Waals surface area contributed by atoms with Gasteiger partial charge in [-0.2, -0.15) is 0 Å². The van der Waals surface area contributed by atoms with Crippen molar-refractivity contribution in [1.82, 2.24) is 14.5 Å². The zero-order valence-electron chi connectivity index (χ0n) is 17.7. The number of aromatic nitrogens is 3. The number of rotatable bonds is 5. The number of benzene rings is 2. The molecule has 1 aliphatic heterocycles. The van der Waals surface area contributed by atoms with Gasteiger partial charge in [-0.15, -0.1) is 0 Å². The smallest absolute Gasteiger partial charge is 0.262 e. The lowest BCUT2D eigenvalue weighted by atomic mass is 10.1. The zero-order valence-corrected chi connectivity index (χ0v) is 17.7. The second-order valence-corrected chi connectivity index (χ2v) is 7.90. The van der Waals surface area contributed by atoms with Gasteiger partial charge in [0, 0.05) is 38.9 Å². The van der Waals surface area contributed by atoms with Crippen LogP contribution in [-0.4, -0.2) is 40.7 Å². The minimum absolute atomic E-state index is 0.135. The first-order chi connectivity index (χ1) is 15.7. The molecule has 0 unspecified atom stereocenters. The van der Waals surface area contributed by atoms with Crippen molar-refractivity contribution in [2.75, 3.05) is 36.0 Å². The predicted octanol–water partition coefficient (Wildman–Crippen LogP) is 3.50. The summed E-state index contributed by atoms with van der Waals surface area (Å²) >= 11 is 0. The number of pyridine rings is 1. The topological polar surface area (TPSA) is 54.3 Å². The van der Waals surface area contributed by atoms with E-state index in [1.54, 1.807) is 22.9 Å². The Kier molecular flexibility index (Phi) is 5.54. The van der Waals surface area contributed by atoms with Crippen LogP contribution in [0.3, 0.4) is 0 Å². The number of piperazine rings is 1. The third-order valence-corrected chi connectivity index (χ3v) is 5.92. The van der Waals surface area contributed by atoms with E-state index in [1.807, 2.05) is 48.5 Å². The van der Waals surface area contributed by atoms with E-state index in [9.17, 15) is 9.18 Å². The number of anilines is 2. The molecule has 0 aliphatic carbocycles. The van der Waals surface area contributed by atoms with Gasteiger partial charge in [-0.05, 0) is 36.2 Å². The molecule has 1 aliphatic rings. The minimum Gasteiger partial charge on any atom is -0.353 e. The fraction of sp³-hybridized carbons (Fsp3) is 0.240. The predicted molar refractivity (Wildman–Crippen MR) is 125 cm³/mol. The van der Waals surface area contributed by atoms with Crippen LogP contribution in [0.1, 0.15) is 5.56 Å². The molecule has 7 heteroatoms. The van der Waals surface area contributed by atoms with Gasteiger partial charge >= 0.3 is 0 Å². The Morgan fingerprint density at radius 2 is 1.59 bits per heavy atom. The minimum atomic E-state index is -0.469. The molecule has 0 atom stereocenters. The lowest BCUT2D eigenvalue weighted by Crippen LogP contribution is -2.48. The summed E-state index contributed by atoms with van der Waals surface area (Å²) in [6.45, 7) is 3.34. The van der Waals surface area contributed by atoms with Gasteiger partial charge in [0.2, 0.25) is 5.95 Å². The van der Waals surface area contributed by atoms with Crippen molar-refractivity contribution < 1.29 is 4.39 Å². The summed E-state index contributed by atoms with van der Waals surface area (Å²) < 4.78 is 16.2. The lowest BCUT2D eigenvalue weighted by Gasteiger charge is -2.36. The molecule has 1 fully saturated rings. The molecule has 32 heavy (non-hydrogen) atoms. The highest BCUT2D eigenvalue weighted by Crippen LogP contribution is 2.21. The number of para-hydroxylation sites is 1. The first-order valence-electron chi connectivity index (χ1n) is 10.8. The highest BCUT2D eigenvalue weighted by Gasteiger charge is 2.23. The SMILES string of the molecule is O=c1c2cccc(F)c2nc(N2CCN(c3ccccn3)CC2)n1CCc1ccccc1. The highest BCUT2D eigenvalue weighted by molar-refractivity contribution is 5.79. The maximum absolute atomic E-state index is 14.5. The molecule has 0 saturated carbocycles. The molecule has 1 saturated heterocycles. The van der Waals surface area contributed by atoms with Crippen LogP contribution in [0.4, 0.5) is 16.2 Å². The molecule has 0 bridgehead atoms. The van der Waals surface area contributed by atoms with Crippen molar-refractivity contribution in [3.63, 3.8) is 0 Å². The van der Waals surface area contributed by atoms with Crippen LogP contribution in [0.25, 0.3) is 10.9 Å². The number of hydrogen-bond donors (Lipinski definition) is 0. The molecular weight excluding hydrogens is 405 g/mol. The Hall–Kier alpha value is -3.74. The summed E-state index contributed by atoms with van der Waals surface area (Å²) in [4.78, 5) is 26.7. The molecule has 6 nitrogen and oxygen atoms in total. The normalized spacial score (nSPS) is 14.2. The molecular formula is C25H24FN5O. The molecule has 0 amide bonds. The Bertz CT molecular complexity index is 1270. The van der Waals surface area contributed by atoms with E-state index < -0.39 is 5.82 Å². The number of fused-ring (bicyclic) bond motifs is 1. The van der Waals surface area contributed by atoms with Crippen molar-refractivity contribution in [3.8, 4) is 0 Å². The molecule has 162 valence electrons. The maximum Gasteiger partial charge on any atom is 0.262 e. The Labute approximate surface area is 185 Å². The zero-order chi connectivity index (χ0) is 21.9. The van der Waals surface area contributed by atoms with Crippen molar-refractivity contribution in [3.05, 3.63) is 94.7 Å². The van der Waals surface area contributed by atoms with Gasteiger partial charge in [-0.25, -0.2) is 14.4 Å². The lowest BCUT2D eigenvalue weighted by molar-refractivity contribution is 0.586. The summed E-state index contributed by atoms with van der Waals surface area (Å²) in [6.07, 6.45) is 2.49. The van der Waals surface area contributed by atoms with Crippen LogP contribution in [-0.2, 0) is 13.0 Å². The standard InChI is InChI=1S/C25H24FN5O/c26-21-10-6-9-20-23(21)28-25(31(24(20)32)14-12-19-7-2-1-3-8-19)30-17-15-29(16-18-30)22-11-4-5-13-27-22/h1-11,13H,12,14-18H2. The van der Waals surface area contributed by atoms with Crippen LogP contribution >= 0.6 is 0 Å². The van der Waals surface area contributed by atoms with Crippen LogP contribution in [0.15, 0.2) is 77.7 Å². The van der Waals surface area contributed by atoms with Crippen LogP contribution in [0, 0.1) is 5.82 Å². The summed E-state index contributed by atoms with van der Waals surface area (Å²) in [5, 5.41) is 0.314. The average molecular weight is 429 g/mol.